The van der Waals surface area contributed by atoms with Crippen molar-refractivity contribution in [1.29, 1.82) is 0 Å². The van der Waals surface area contributed by atoms with Crippen LogP contribution in [0.3, 0.4) is 0 Å². The average molecular weight is 257 g/mol. The van der Waals surface area contributed by atoms with Gasteiger partial charge >= 0.3 is 5.97 Å². The summed E-state index contributed by atoms with van der Waals surface area (Å²) in [6.07, 6.45) is 3.06. The van der Waals surface area contributed by atoms with Crippen molar-refractivity contribution in [3.05, 3.63) is 0 Å². The molecule has 0 radical (unpaired) electrons. The van der Waals surface area contributed by atoms with Crippen molar-refractivity contribution in [1.82, 2.24) is 4.90 Å². The predicted octanol–water partition coefficient (Wildman–Crippen LogP) is 1.07. The molecule has 1 atom stereocenters. The molecule has 0 aromatic carbocycles. The van der Waals surface area contributed by atoms with E-state index in [1.54, 1.807) is 18.9 Å². The Morgan fingerprint density at radius 2 is 2.00 bits per heavy atom. The topological polar surface area (TPSA) is 55.8 Å². The van der Waals surface area contributed by atoms with E-state index in [0.717, 1.165) is 19.3 Å². The summed E-state index contributed by atoms with van der Waals surface area (Å²) in [5, 5.41) is 0. The molecule has 1 amide bonds. The molecule has 0 N–H and O–H groups in total. The molecule has 1 rings (SSSR count). The molecule has 0 spiro atoms. The average Bonchev–Trinajstić information content (AvgIpc) is 2.30. The monoisotopic (exact) mass is 257 g/mol. The fraction of sp³-hybridized carbons (Fsp3) is 0.846. The Morgan fingerprint density at radius 1 is 1.33 bits per heavy atom. The van der Waals surface area contributed by atoms with E-state index >= 15 is 0 Å². The highest BCUT2D eigenvalue weighted by Gasteiger charge is 2.30. The fourth-order valence-electron chi connectivity index (χ4n) is 2.01. The molecule has 1 fully saturated rings. The number of hydrogen-bond acceptors (Lipinski definition) is 4. The van der Waals surface area contributed by atoms with Gasteiger partial charge < -0.3 is 14.4 Å². The van der Waals surface area contributed by atoms with Gasteiger partial charge in [-0.05, 0) is 12.8 Å². The third-order valence-electron chi connectivity index (χ3n) is 3.43. The van der Waals surface area contributed by atoms with Crippen LogP contribution in [0.25, 0.3) is 0 Å². The molecule has 18 heavy (non-hydrogen) atoms. The lowest BCUT2D eigenvalue weighted by Crippen LogP contribution is -2.44. The van der Waals surface area contributed by atoms with Crippen LogP contribution in [0.5, 0.6) is 0 Å². The zero-order valence-corrected chi connectivity index (χ0v) is 11.5. The zero-order valence-electron chi connectivity index (χ0n) is 11.5. The van der Waals surface area contributed by atoms with Crippen LogP contribution in [0.2, 0.25) is 0 Å². The summed E-state index contributed by atoms with van der Waals surface area (Å²) in [7, 11) is 2.97. The minimum absolute atomic E-state index is 0.145. The Hall–Kier alpha value is -1.10. The van der Waals surface area contributed by atoms with Gasteiger partial charge in [0.15, 0.2) is 0 Å². The second kappa shape index (κ2) is 7.36. The number of ether oxygens (including phenoxy) is 2. The molecule has 0 heterocycles. The Labute approximate surface area is 108 Å². The maximum Gasteiger partial charge on any atom is 0.310 e. The fourth-order valence-corrected chi connectivity index (χ4v) is 2.01. The van der Waals surface area contributed by atoms with Crippen LogP contribution >= 0.6 is 0 Å². The summed E-state index contributed by atoms with van der Waals surface area (Å²) in [4.78, 5) is 25.3. The summed E-state index contributed by atoms with van der Waals surface area (Å²) < 4.78 is 9.70. The smallest absolute Gasteiger partial charge is 0.310 e. The third-order valence-corrected chi connectivity index (χ3v) is 3.43. The first-order valence-corrected chi connectivity index (χ1v) is 6.45. The lowest BCUT2D eigenvalue weighted by Gasteiger charge is -2.32. The lowest BCUT2D eigenvalue weighted by molar-refractivity contribution is -0.147. The molecule has 5 heteroatoms. The summed E-state index contributed by atoms with van der Waals surface area (Å²) in [6, 6.07) is 0. The quantitative estimate of drug-likeness (QED) is 0.640. The van der Waals surface area contributed by atoms with Gasteiger partial charge in [-0.15, -0.1) is 0 Å². The van der Waals surface area contributed by atoms with Gasteiger partial charge in [0.05, 0.1) is 19.6 Å². The van der Waals surface area contributed by atoms with Crippen molar-refractivity contribution in [2.24, 2.45) is 11.8 Å². The minimum Gasteiger partial charge on any atom is -0.469 e. The van der Waals surface area contributed by atoms with Crippen LogP contribution in [0.15, 0.2) is 0 Å². The van der Waals surface area contributed by atoms with E-state index in [2.05, 4.69) is 4.74 Å². The van der Waals surface area contributed by atoms with Crippen molar-refractivity contribution in [3.63, 3.8) is 0 Å². The van der Waals surface area contributed by atoms with E-state index in [4.69, 9.17) is 4.74 Å². The van der Waals surface area contributed by atoms with E-state index in [-0.39, 0.29) is 23.7 Å². The number of nitrogens with zero attached hydrogens (tertiary/aromatic N) is 1. The van der Waals surface area contributed by atoms with Crippen LogP contribution in [0.1, 0.15) is 26.2 Å². The molecule has 1 aliphatic rings. The first-order valence-electron chi connectivity index (χ1n) is 6.45. The Morgan fingerprint density at radius 3 is 2.44 bits per heavy atom. The number of carbonyl (C=O) groups is 2. The zero-order chi connectivity index (χ0) is 13.5. The summed E-state index contributed by atoms with van der Waals surface area (Å²) >= 11 is 0. The predicted molar refractivity (Wildman–Crippen MR) is 67.0 cm³/mol. The summed E-state index contributed by atoms with van der Waals surface area (Å²) in [6.45, 7) is 3.21. The van der Waals surface area contributed by atoms with Crippen molar-refractivity contribution >= 4 is 11.9 Å². The first-order chi connectivity index (χ1) is 8.60. The summed E-state index contributed by atoms with van der Waals surface area (Å²) in [5.41, 5.74) is 0. The Bertz CT molecular complexity index is 289. The number of carbonyl (C=O) groups excluding carboxylic acids is 2. The molecule has 104 valence electrons. The van der Waals surface area contributed by atoms with Crippen LogP contribution in [0, 0.1) is 11.8 Å². The molecule has 0 aliphatic heterocycles. The second-order valence-corrected chi connectivity index (χ2v) is 4.83. The molecule has 0 bridgehead atoms. The highest BCUT2D eigenvalue weighted by molar-refractivity contribution is 5.80. The van der Waals surface area contributed by atoms with Crippen LogP contribution in [-0.4, -0.2) is 50.7 Å². The SMILES string of the molecule is COCCN(CC(C)C(=O)OC)C(=O)C1CCC1. The van der Waals surface area contributed by atoms with Crippen molar-refractivity contribution in [3.8, 4) is 0 Å². The molecular formula is C13H23NO4. The highest BCUT2D eigenvalue weighted by Crippen LogP contribution is 2.28. The number of methoxy groups -OCH3 is 2. The van der Waals surface area contributed by atoms with Crippen molar-refractivity contribution < 1.29 is 19.1 Å². The van der Waals surface area contributed by atoms with Gasteiger partial charge in [-0.1, -0.05) is 13.3 Å². The molecule has 1 saturated carbocycles. The van der Waals surface area contributed by atoms with E-state index < -0.39 is 0 Å². The van der Waals surface area contributed by atoms with Gasteiger partial charge in [0.1, 0.15) is 0 Å². The van der Waals surface area contributed by atoms with Gasteiger partial charge in [0.2, 0.25) is 5.91 Å². The maximum absolute atomic E-state index is 12.2. The van der Waals surface area contributed by atoms with Gasteiger partial charge in [-0.2, -0.15) is 0 Å². The molecule has 1 aliphatic carbocycles. The van der Waals surface area contributed by atoms with Crippen LogP contribution < -0.4 is 0 Å². The first kappa shape index (κ1) is 15.0. The number of rotatable bonds is 7. The van der Waals surface area contributed by atoms with Crippen molar-refractivity contribution in [2.45, 2.75) is 26.2 Å². The number of esters is 1. The standard InChI is InChI=1S/C13H23NO4/c1-10(13(16)18-3)9-14(7-8-17-2)12(15)11-5-4-6-11/h10-11H,4-9H2,1-3H3. The third kappa shape index (κ3) is 3.98. The molecule has 1 unspecified atom stereocenters. The van der Waals surface area contributed by atoms with Gasteiger partial charge in [0.25, 0.3) is 0 Å². The Balaban J connectivity index is 2.53. The molecule has 0 aromatic heterocycles. The van der Waals surface area contributed by atoms with Gasteiger partial charge in [-0.3, -0.25) is 9.59 Å². The Kier molecular flexibility index (Phi) is 6.12. The van der Waals surface area contributed by atoms with E-state index in [0.29, 0.717) is 19.7 Å². The van der Waals surface area contributed by atoms with E-state index in [9.17, 15) is 9.59 Å². The van der Waals surface area contributed by atoms with Crippen molar-refractivity contribution in [2.75, 3.05) is 33.9 Å². The normalized spacial score (nSPS) is 16.8. The number of hydrogen-bond donors (Lipinski definition) is 0. The lowest BCUT2D eigenvalue weighted by atomic mass is 9.84. The molecule has 0 saturated heterocycles. The van der Waals surface area contributed by atoms with Crippen LogP contribution in [0.4, 0.5) is 0 Å². The minimum atomic E-state index is -0.295. The highest BCUT2D eigenvalue weighted by atomic mass is 16.5. The molecule has 0 aromatic rings. The van der Waals surface area contributed by atoms with E-state index in [1.165, 1.54) is 7.11 Å². The summed E-state index contributed by atoms with van der Waals surface area (Å²) in [5.74, 6) is -0.282. The largest absolute Gasteiger partial charge is 0.469 e. The number of amides is 1. The second-order valence-electron chi connectivity index (χ2n) is 4.83. The van der Waals surface area contributed by atoms with Gasteiger partial charge in [0, 0.05) is 26.1 Å². The molecular weight excluding hydrogens is 234 g/mol. The van der Waals surface area contributed by atoms with Gasteiger partial charge in [-0.25, -0.2) is 0 Å². The van der Waals surface area contributed by atoms with E-state index in [1.807, 2.05) is 0 Å². The molecule has 5 nitrogen and oxygen atoms in total. The van der Waals surface area contributed by atoms with Crippen LogP contribution in [-0.2, 0) is 19.1 Å². The maximum atomic E-state index is 12.2.